The summed E-state index contributed by atoms with van der Waals surface area (Å²) in [6.07, 6.45) is 2.75. The van der Waals surface area contributed by atoms with Crippen LogP contribution < -0.4 is 10.1 Å². The van der Waals surface area contributed by atoms with Gasteiger partial charge in [0.15, 0.2) is 0 Å². The van der Waals surface area contributed by atoms with E-state index in [0.717, 1.165) is 48.6 Å². The Morgan fingerprint density at radius 1 is 1.42 bits per heavy atom. The van der Waals surface area contributed by atoms with Gasteiger partial charge in [0.1, 0.15) is 11.9 Å². The van der Waals surface area contributed by atoms with Crippen molar-refractivity contribution in [2.45, 2.75) is 32.5 Å². The van der Waals surface area contributed by atoms with Crippen LogP contribution in [0.5, 0.6) is 5.75 Å². The Morgan fingerprint density at radius 2 is 2.27 bits per heavy atom. The lowest BCUT2D eigenvalue weighted by atomic mass is 10.1. The highest BCUT2D eigenvalue weighted by Crippen LogP contribution is 2.21. The van der Waals surface area contributed by atoms with Crippen LogP contribution in [0.4, 0.5) is 0 Å². The van der Waals surface area contributed by atoms with Crippen molar-refractivity contribution in [3.8, 4) is 11.8 Å². The molecule has 0 aliphatic carbocycles. The fourth-order valence-corrected chi connectivity index (χ4v) is 3.08. The minimum Gasteiger partial charge on any atom is -0.489 e. The molecule has 1 N–H and O–H groups in total. The fourth-order valence-electron chi connectivity index (χ4n) is 3.08. The van der Waals surface area contributed by atoms with E-state index >= 15 is 0 Å². The maximum atomic E-state index is 11.0. The number of carbonyl (C=O) groups excluding carboxylic acids is 1. The Hall–Kier alpha value is -2.91. The summed E-state index contributed by atoms with van der Waals surface area (Å²) < 4.78 is 6.09. The molecule has 6 nitrogen and oxygen atoms in total. The number of nitrogens with zero attached hydrogens (tertiary/aromatic N) is 3. The minimum atomic E-state index is -0.0813. The molecular weight excluding hydrogens is 328 g/mol. The summed E-state index contributed by atoms with van der Waals surface area (Å²) in [7, 11) is 0. The molecule has 1 aromatic carbocycles. The Balaban J connectivity index is 1.55. The first-order valence-corrected chi connectivity index (χ1v) is 8.70. The first-order valence-electron chi connectivity index (χ1n) is 8.70. The molecule has 1 aliphatic heterocycles. The Morgan fingerprint density at radius 3 is 3.08 bits per heavy atom. The van der Waals surface area contributed by atoms with Gasteiger partial charge in [0, 0.05) is 38.8 Å². The highest BCUT2D eigenvalue weighted by Gasteiger charge is 2.24. The van der Waals surface area contributed by atoms with Gasteiger partial charge < -0.3 is 10.1 Å². The normalized spacial score (nSPS) is 16.8. The highest BCUT2D eigenvalue weighted by atomic mass is 16.5. The first kappa shape index (κ1) is 17.9. The van der Waals surface area contributed by atoms with Crippen LogP contribution in [0, 0.1) is 11.3 Å². The standard InChI is InChI=1S/C20H22N4O2/c1-15(25)23-12-18-10-19(6-8-22-18)26-20-7-9-24(14-20)13-17-5-3-2-4-16(17)11-21/h2-6,8,10,20H,7,9,12-14H2,1H3,(H,23,25). The van der Waals surface area contributed by atoms with Crippen LogP contribution in [0.1, 0.15) is 30.2 Å². The second kappa shape index (κ2) is 8.45. The van der Waals surface area contributed by atoms with Gasteiger partial charge in [-0.05, 0) is 24.1 Å². The van der Waals surface area contributed by atoms with Crippen LogP contribution >= 0.6 is 0 Å². The van der Waals surface area contributed by atoms with E-state index < -0.39 is 0 Å². The molecule has 0 bridgehead atoms. The molecule has 0 spiro atoms. The van der Waals surface area contributed by atoms with Crippen LogP contribution in [0.2, 0.25) is 0 Å². The number of likely N-dealkylation sites (tertiary alicyclic amines) is 1. The zero-order valence-electron chi connectivity index (χ0n) is 14.8. The molecule has 0 saturated carbocycles. The first-order chi connectivity index (χ1) is 12.6. The third kappa shape index (κ3) is 4.80. The summed E-state index contributed by atoms with van der Waals surface area (Å²) in [5.74, 6) is 0.687. The van der Waals surface area contributed by atoms with E-state index in [4.69, 9.17) is 4.74 Å². The fraction of sp³-hybridized carbons (Fsp3) is 0.350. The molecule has 1 amide bonds. The van der Waals surface area contributed by atoms with Crippen LogP contribution in [0.3, 0.4) is 0 Å². The van der Waals surface area contributed by atoms with Gasteiger partial charge in [-0.3, -0.25) is 14.7 Å². The summed E-state index contributed by atoms with van der Waals surface area (Å²) in [4.78, 5) is 17.6. The zero-order valence-corrected chi connectivity index (χ0v) is 14.8. The van der Waals surface area contributed by atoms with Crippen molar-refractivity contribution >= 4 is 5.91 Å². The maximum Gasteiger partial charge on any atom is 0.217 e. The smallest absolute Gasteiger partial charge is 0.217 e. The average Bonchev–Trinajstić information content (AvgIpc) is 3.07. The van der Waals surface area contributed by atoms with E-state index in [2.05, 4.69) is 21.3 Å². The van der Waals surface area contributed by atoms with Crippen molar-refractivity contribution in [1.82, 2.24) is 15.2 Å². The van der Waals surface area contributed by atoms with Gasteiger partial charge in [-0.2, -0.15) is 5.26 Å². The number of hydrogen-bond donors (Lipinski definition) is 1. The summed E-state index contributed by atoms with van der Waals surface area (Å²) in [5.41, 5.74) is 2.56. The van der Waals surface area contributed by atoms with Crippen molar-refractivity contribution in [2.75, 3.05) is 13.1 Å². The molecule has 1 fully saturated rings. The van der Waals surface area contributed by atoms with Crippen LogP contribution in [0.15, 0.2) is 42.6 Å². The second-order valence-electron chi connectivity index (χ2n) is 6.43. The van der Waals surface area contributed by atoms with Crippen molar-refractivity contribution in [2.24, 2.45) is 0 Å². The third-order valence-corrected chi connectivity index (χ3v) is 4.37. The lowest BCUT2D eigenvalue weighted by Crippen LogP contribution is -2.25. The van der Waals surface area contributed by atoms with E-state index in [9.17, 15) is 10.1 Å². The molecule has 1 aliphatic rings. The van der Waals surface area contributed by atoms with Crippen molar-refractivity contribution in [1.29, 1.82) is 5.26 Å². The maximum absolute atomic E-state index is 11.0. The van der Waals surface area contributed by atoms with E-state index in [1.165, 1.54) is 6.92 Å². The van der Waals surface area contributed by atoms with Gasteiger partial charge in [-0.15, -0.1) is 0 Å². The van der Waals surface area contributed by atoms with E-state index in [0.29, 0.717) is 6.54 Å². The summed E-state index contributed by atoms with van der Waals surface area (Å²) in [6, 6.07) is 13.7. The predicted molar refractivity (Wildman–Crippen MR) is 97.2 cm³/mol. The van der Waals surface area contributed by atoms with Gasteiger partial charge in [0.05, 0.1) is 23.9 Å². The van der Waals surface area contributed by atoms with Gasteiger partial charge in [-0.1, -0.05) is 18.2 Å². The number of aromatic nitrogens is 1. The molecule has 26 heavy (non-hydrogen) atoms. The predicted octanol–water partition coefficient (Wildman–Crippen LogP) is 2.24. The van der Waals surface area contributed by atoms with E-state index in [1.54, 1.807) is 6.20 Å². The van der Waals surface area contributed by atoms with Gasteiger partial charge in [-0.25, -0.2) is 0 Å². The summed E-state index contributed by atoms with van der Waals surface area (Å²) in [6.45, 7) is 4.40. The molecule has 1 unspecified atom stereocenters. The molecule has 2 heterocycles. The zero-order chi connectivity index (χ0) is 18.4. The molecule has 1 aromatic heterocycles. The van der Waals surface area contributed by atoms with Gasteiger partial charge >= 0.3 is 0 Å². The highest BCUT2D eigenvalue weighted by molar-refractivity contribution is 5.72. The number of hydrogen-bond acceptors (Lipinski definition) is 5. The lowest BCUT2D eigenvalue weighted by Gasteiger charge is -2.18. The molecule has 1 saturated heterocycles. The Bertz CT molecular complexity index is 815. The molecule has 1 atom stereocenters. The quantitative estimate of drug-likeness (QED) is 0.864. The van der Waals surface area contributed by atoms with Crippen LogP contribution in [-0.4, -0.2) is 35.0 Å². The Labute approximate surface area is 153 Å². The third-order valence-electron chi connectivity index (χ3n) is 4.37. The molecule has 2 aromatic rings. The molecule has 0 radical (unpaired) electrons. The monoisotopic (exact) mass is 350 g/mol. The van der Waals surface area contributed by atoms with Crippen molar-refractivity contribution in [3.05, 3.63) is 59.4 Å². The SMILES string of the molecule is CC(=O)NCc1cc(OC2CCN(Cc3ccccc3C#N)C2)ccn1. The number of benzene rings is 1. The van der Waals surface area contributed by atoms with E-state index in [-0.39, 0.29) is 12.0 Å². The number of pyridine rings is 1. The Kier molecular flexibility index (Phi) is 5.82. The number of amides is 1. The van der Waals surface area contributed by atoms with Gasteiger partial charge in [0.25, 0.3) is 0 Å². The van der Waals surface area contributed by atoms with Crippen LogP contribution in [0.25, 0.3) is 0 Å². The van der Waals surface area contributed by atoms with Crippen molar-refractivity contribution in [3.63, 3.8) is 0 Å². The van der Waals surface area contributed by atoms with Crippen molar-refractivity contribution < 1.29 is 9.53 Å². The average molecular weight is 350 g/mol. The number of ether oxygens (including phenoxy) is 1. The van der Waals surface area contributed by atoms with Crippen LogP contribution in [-0.2, 0) is 17.9 Å². The largest absolute Gasteiger partial charge is 0.489 e. The molecule has 134 valence electrons. The molecule has 3 rings (SSSR count). The lowest BCUT2D eigenvalue weighted by molar-refractivity contribution is -0.119. The molecular formula is C20H22N4O2. The van der Waals surface area contributed by atoms with E-state index in [1.807, 2.05) is 36.4 Å². The topological polar surface area (TPSA) is 78.2 Å². The second-order valence-corrected chi connectivity index (χ2v) is 6.43. The number of nitrogens with one attached hydrogen (secondary N) is 1. The number of rotatable bonds is 6. The summed E-state index contributed by atoms with van der Waals surface area (Å²) >= 11 is 0. The number of carbonyl (C=O) groups is 1. The summed E-state index contributed by atoms with van der Waals surface area (Å²) in [5, 5.41) is 12.0. The minimum absolute atomic E-state index is 0.0813. The van der Waals surface area contributed by atoms with Gasteiger partial charge in [0.2, 0.25) is 5.91 Å². The molecule has 6 heteroatoms. The number of nitriles is 1.